The van der Waals surface area contributed by atoms with E-state index in [2.05, 4.69) is 15.3 Å². The van der Waals surface area contributed by atoms with Gasteiger partial charge in [0.05, 0.1) is 17.4 Å². The molecule has 0 spiro atoms. The van der Waals surface area contributed by atoms with Gasteiger partial charge in [0, 0.05) is 5.69 Å². The molecule has 20 heavy (non-hydrogen) atoms. The van der Waals surface area contributed by atoms with Gasteiger partial charge in [-0.2, -0.15) is 0 Å². The summed E-state index contributed by atoms with van der Waals surface area (Å²) in [5.74, 6) is -0.139. The number of nitrogens with one attached hydrogen (secondary N) is 2. The van der Waals surface area contributed by atoms with Crippen LogP contribution in [0.2, 0.25) is 0 Å². The molecule has 1 heterocycles. The quantitative estimate of drug-likeness (QED) is 0.745. The average Bonchev–Trinajstić information content (AvgIpc) is 2.91. The third-order valence-electron chi connectivity index (χ3n) is 3.41. The molecule has 0 saturated carbocycles. The zero-order valence-corrected chi connectivity index (χ0v) is 11.4. The third kappa shape index (κ3) is 2.05. The van der Waals surface area contributed by atoms with Gasteiger partial charge in [-0.3, -0.25) is 4.79 Å². The average molecular weight is 265 g/mol. The minimum absolute atomic E-state index is 0.139. The number of benzene rings is 2. The van der Waals surface area contributed by atoms with Crippen LogP contribution in [-0.4, -0.2) is 15.9 Å². The lowest BCUT2D eigenvalue weighted by atomic mass is 10.1. The summed E-state index contributed by atoms with van der Waals surface area (Å²) in [7, 11) is 0. The monoisotopic (exact) mass is 265 g/mol. The summed E-state index contributed by atoms with van der Waals surface area (Å²) >= 11 is 0. The van der Waals surface area contributed by atoms with Crippen LogP contribution in [0.15, 0.2) is 42.7 Å². The molecule has 0 fully saturated rings. The van der Waals surface area contributed by atoms with Crippen LogP contribution in [0.25, 0.3) is 11.0 Å². The van der Waals surface area contributed by atoms with Crippen molar-refractivity contribution in [3.63, 3.8) is 0 Å². The first kappa shape index (κ1) is 12.4. The van der Waals surface area contributed by atoms with Crippen molar-refractivity contribution in [2.45, 2.75) is 13.8 Å². The first-order chi connectivity index (χ1) is 9.66. The number of nitrogens with zero attached hydrogens (tertiary/aromatic N) is 1. The predicted molar refractivity (Wildman–Crippen MR) is 80.0 cm³/mol. The third-order valence-corrected chi connectivity index (χ3v) is 3.41. The first-order valence-electron chi connectivity index (χ1n) is 6.46. The number of anilines is 1. The lowest BCUT2D eigenvalue weighted by Crippen LogP contribution is -2.14. The van der Waals surface area contributed by atoms with E-state index in [9.17, 15) is 4.79 Å². The lowest BCUT2D eigenvalue weighted by Gasteiger charge is -2.11. The second kappa shape index (κ2) is 4.81. The highest BCUT2D eigenvalue weighted by atomic mass is 16.1. The molecule has 0 bridgehead atoms. The van der Waals surface area contributed by atoms with Crippen LogP contribution in [-0.2, 0) is 0 Å². The van der Waals surface area contributed by atoms with E-state index < -0.39 is 0 Å². The molecule has 0 radical (unpaired) electrons. The molecule has 2 N–H and O–H groups in total. The summed E-state index contributed by atoms with van der Waals surface area (Å²) in [6.45, 7) is 3.97. The fraction of sp³-hybridized carbons (Fsp3) is 0.125. The van der Waals surface area contributed by atoms with E-state index in [1.54, 1.807) is 12.4 Å². The van der Waals surface area contributed by atoms with Gasteiger partial charge in [-0.25, -0.2) is 4.98 Å². The molecule has 0 aliphatic rings. The number of H-pyrrole nitrogens is 1. The van der Waals surface area contributed by atoms with Gasteiger partial charge in [-0.15, -0.1) is 0 Å². The Labute approximate surface area is 116 Å². The molecule has 0 unspecified atom stereocenters. The highest BCUT2D eigenvalue weighted by molar-refractivity contribution is 6.11. The fourth-order valence-electron chi connectivity index (χ4n) is 2.34. The Morgan fingerprint density at radius 3 is 2.55 bits per heavy atom. The van der Waals surface area contributed by atoms with E-state index in [-0.39, 0.29) is 5.91 Å². The molecule has 0 saturated heterocycles. The second-order valence-electron chi connectivity index (χ2n) is 4.83. The molecule has 1 aromatic heterocycles. The van der Waals surface area contributed by atoms with E-state index in [0.29, 0.717) is 11.1 Å². The number of imidazole rings is 1. The van der Waals surface area contributed by atoms with Crippen molar-refractivity contribution < 1.29 is 4.79 Å². The number of carbonyl (C=O) groups excluding carboxylic acids is 1. The Kier molecular flexibility index (Phi) is 2.99. The van der Waals surface area contributed by atoms with Crippen molar-refractivity contribution in [2.75, 3.05) is 5.32 Å². The SMILES string of the molecule is Cc1cccc(C)c1NC(=O)c1cccc2[nH]cnc12. The van der Waals surface area contributed by atoms with Gasteiger partial charge in [0.2, 0.25) is 0 Å². The van der Waals surface area contributed by atoms with Gasteiger partial charge >= 0.3 is 0 Å². The van der Waals surface area contributed by atoms with Gasteiger partial charge in [-0.05, 0) is 37.1 Å². The van der Waals surface area contributed by atoms with Gasteiger partial charge in [0.15, 0.2) is 0 Å². The first-order valence-corrected chi connectivity index (χ1v) is 6.46. The fourth-order valence-corrected chi connectivity index (χ4v) is 2.34. The number of aromatic amines is 1. The highest BCUT2D eigenvalue weighted by Crippen LogP contribution is 2.22. The van der Waals surface area contributed by atoms with Gasteiger partial charge in [-0.1, -0.05) is 24.3 Å². The van der Waals surface area contributed by atoms with E-state index in [1.165, 1.54) is 0 Å². The van der Waals surface area contributed by atoms with Crippen LogP contribution in [0.1, 0.15) is 21.5 Å². The number of fused-ring (bicyclic) bond motifs is 1. The van der Waals surface area contributed by atoms with E-state index >= 15 is 0 Å². The number of amides is 1. The van der Waals surface area contributed by atoms with Crippen molar-refractivity contribution in [1.82, 2.24) is 9.97 Å². The Morgan fingerprint density at radius 1 is 1.10 bits per heavy atom. The number of carbonyl (C=O) groups is 1. The molecule has 3 rings (SSSR count). The van der Waals surface area contributed by atoms with Crippen LogP contribution in [0, 0.1) is 13.8 Å². The lowest BCUT2D eigenvalue weighted by molar-refractivity contribution is 0.102. The smallest absolute Gasteiger partial charge is 0.257 e. The molecule has 0 aliphatic carbocycles. The summed E-state index contributed by atoms with van der Waals surface area (Å²) in [5.41, 5.74) is 5.09. The molecular formula is C16H15N3O. The normalized spacial score (nSPS) is 10.7. The number of hydrogen-bond donors (Lipinski definition) is 2. The molecule has 2 aromatic carbocycles. The Bertz CT molecular complexity index is 769. The maximum absolute atomic E-state index is 12.5. The van der Waals surface area contributed by atoms with Crippen LogP contribution < -0.4 is 5.32 Å². The minimum Gasteiger partial charge on any atom is -0.345 e. The van der Waals surface area contributed by atoms with Crippen LogP contribution >= 0.6 is 0 Å². The maximum Gasteiger partial charge on any atom is 0.257 e. The van der Waals surface area contributed by atoms with Crippen LogP contribution in [0.4, 0.5) is 5.69 Å². The largest absolute Gasteiger partial charge is 0.345 e. The molecule has 1 amide bonds. The zero-order chi connectivity index (χ0) is 14.1. The molecule has 4 nitrogen and oxygen atoms in total. The van der Waals surface area contributed by atoms with Gasteiger partial charge in [0.1, 0.15) is 5.52 Å². The van der Waals surface area contributed by atoms with Gasteiger partial charge in [0.25, 0.3) is 5.91 Å². The van der Waals surface area contributed by atoms with Crippen molar-refractivity contribution >= 4 is 22.6 Å². The Balaban J connectivity index is 2.00. The summed E-state index contributed by atoms with van der Waals surface area (Å²) in [5, 5.41) is 2.98. The molecule has 3 aromatic rings. The van der Waals surface area contributed by atoms with Crippen molar-refractivity contribution in [2.24, 2.45) is 0 Å². The standard InChI is InChI=1S/C16H15N3O/c1-10-5-3-6-11(2)14(10)19-16(20)12-7-4-8-13-15(12)18-9-17-13/h3-9H,1-2H3,(H,17,18)(H,19,20). The number of hydrogen-bond acceptors (Lipinski definition) is 2. The zero-order valence-electron chi connectivity index (χ0n) is 11.4. The van der Waals surface area contributed by atoms with Crippen LogP contribution in [0.3, 0.4) is 0 Å². The summed E-state index contributed by atoms with van der Waals surface area (Å²) in [4.78, 5) is 19.7. The molecule has 100 valence electrons. The number of aryl methyl sites for hydroxylation is 2. The van der Waals surface area contributed by atoms with Crippen molar-refractivity contribution in [1.29, 1.82) is 0 Å². The predicted octanol–water partition coefficient (Wildman–Crippen LogP) is 3.43. The van der Waals surface area contributed by atoms with E-state index in [0.717, 1.165) is 22.3 Å². The Hall–Kier alpha value is -2.62. The van der Waals surface area contributed by atoms with Crippen molar-refractivity contribution in [3.05, 3.63) is 59.4 Å². The summed E-state index contributed by atoms with van der Waals surface area (Å²) < 4.78 is 0. The summed E-state index contributed by atoms with van der Waals surface area (Å²) in [6, 6.07) is 11.5. The minimum atomic E-state index is -0.139. The second-order valence-corrected chi connectivity index (χ2v) is 4.83. The number of para-hydroxylation sites is 2. The molecule has 0 aliphatic heterocycles. The molecular weight excluding hydrogens is 250 g/mol. The number of aromatic nitrogens is 2. The van der Waals surface area contributed by atoms with E-state index in [4.69, 9.17) is 0 Å². The maximum atomic E-state index is 12.5. The Morgan fingerprint density at radius 2 is 1.80 bits per heavy atom. The van der Waals surface area contributed by atoms with Crippen molar-refractivity contribution in [3.8, 4) is 0 Å². The molecule has 4 heteroatoms. The topological polar surface area (TPSA) is 57.8 Å². The van der Waals surface area contributed by atoms with Gasteiger partial charge < -0.3 is 10.3 Å². The van der Waals surface area contributed by atoms with Crippen LogP contribution in [0.5, 0.6) is 0 Å². The molecule has 0 atom stereocenters. The summed E-state index contributed by atoms with van der Waals surface area (Å²) in [6.07, 6.45) is 1.60. The highest BCUT2D eigenvalue weighted by Gasteiger charge is 2.13. The van der Waals surface area contributed by atoms with E-state index in [1.807, 2.05) is 44.2 Å². The number of rotatable bonds is 2.